The number of carbonyl (C=O) groups is 2. The summed E-state index contributed by atoms with van der Waals surface area (Å²) in [6, 6.07) is -1.05. The highest BCUT2D eigenvalue weighted by molar-refractivity contribution is 7.85. The molecule has 1 saturated carbocycles. The Labute approximate surface area is 142 Å². The highest BCUT2D eigenvalue weighted by Crippen LogP contribution is 2.60. The first-order chi connectivity index (χ1) is 10.9. The third kappa shape index (κ3) is 4.18. The lowest BCUT2D eigenvalue weighted by Crippen LogP contribution is -2.46. The highest BCUT2D eigenvalue weighted by Gasteiger charge is 2.68. The van der Waals surface area contributed by atoms with Crippen molar-refractivity contribution in [2.75, 3.05) is 19.5 Å². The normalized spacial score (nSPS) is 29.1. The average Bonchev–Trinajstić information content (AvgIpc) is 2.99. The van der Waals surface area contributed by atoms with Gasteiger partial charge in [0.1, 0.15) is 11.6 Å². The van der Waals surface area contributed by atoms with Crippen LogP contribution in [0.5, 0.6) is 0 Å². The minimum atomic E-state index is -3.59. The van der Waals surface area contributed by atoms with Gasteiger partial charge in [-0.05, 0) is 40.5 Å². The summed E-state index contributed by atoms with van der Waals surface area (Å²) in [7, 11) is -3.59. The Morgan fingerprint density at radius 3 is 2.38 bits per heavy atom. The fourth-order valence-corrected chi connectivity index (χ4v) is 3.53. The van der Waals surface area contributed by atoms with Crippen LogP contribution < -0.4 is 0 Å². The zero-order valence-corrected chi connectivity index (χ0v) is 15.5. The van der Waals surface area contributed by atoms with Crippen molar-refractivity contribution in [3.63, 3.8) is 0 Å². The van der Waals surface area contributed by atoms with Gasteiger partial charge in [0.05, 0.1) is 19.5 Å². The molecule has 0 aromatic rings. The van der Waals surface area contributed by atoms with E-state index in [1.54, 1.807) is 27.7 Å². The fraction of sp³-hybridized carbons (Fsp3) is 0.867. The van der Waals surface area contributed by atoms with Crippen molar-refractivity contribution >= 4 is 22.2 Å². The molecule has 1 heterocycles. The van der Waals surface area contributed by atoms with E-state index in [0.29, 0.717) is 12.8 Å². The quantitative estimate of drug-likeness (QED) is 0.536. The number of hydrogen-bond acceptors (Lipinski definition) is 7. The maximum atomic E-state index is 12.5. The smallest absolute Gasteiger partial charge is 0.411 e. The topological polar surface area (TPSA) is 99.2 Å². The first kappa shape index (κ1) is 19.0. The minimum absolute atomic E-state index is 0.0499. The van der Waals surface area contributed by atoms with Crippen molar-refractivity contribution < 1.29 is 31.7 Å². The molecular formula is C15H25NO7S. The Bertz CT molecular complexity index is 624. The zero-order chi connectivity index (χ0) is 18.3. The Morgan fingerprint density at radius 1 is 1.25 bits per heavy atom. The van der Waals surface area contributed by atoms with E-state index in [0.717, 1.165) is 6.26 Å². The number of hydrogen-bond donors (Lipinski definition) is 0. The lowest BCUT2D eigenvalue weighted by molar-refractivity contribution is -0.149. The molecule has 0 aromatic carbocycles. The van der Waals surface area contributed by atoms with E-state index < -0.39 is 39.2 Å². The van der Waals surface area contributed by atoms with E-state index in [-0.39, 0.29) is 19.3 Å². The third-order valence-corrected chi connectivity index (χ3v) is 4.69. The van der Waals surface area contributed by atoms with Crippen molar-refractivity contribution in [1.29, 1.82) is 0 Å². The molecule has 3 atom stereocenters. The van der Waals surface area contributed by atoms with Crippen molar-refractivity contribution in [2.45, 2.75) is 58.2 Å². The second-order valence-electron chi connectivity index (χ2n) is 7.41. The number of nitrogens with zero attached hydrogens (tertiary/aromatic N) is 1. The SMILES string of the molecule is CCOC(=O)[C@@H]1C[C@@]2(COS(C)(=O)=O)CC2N1C(=O)OC(C)(C)C. The van der Waals surface area contributed by atoms with Crippen LogP contribution in [-0.2, 0) is 28.6 Å². The molecule has 1 saturated heterocycles. The Morgan fingerprint density at radius 2 is 1.88 bits per heavy atom. The van der Waals surface area contributed by atoms with Crippen LogP contribution in [0.1, 0.15) is 40.5 Å². The monoisotopic (exact) mass is 363 g/mol. The van der Waals surface area contributed by atoms with Gasteiger partial charge in [0.15, 0.2) is 0 Å². The van der Waals surface area contributed by atoms with Gasteiger partial charge in [-0.25, -0.2) is 9.59 Å². The maximum Gasteiger partial charge on any atom is 0.411 e. The highest BCUT2D eigenvalue weighted by atomic mass is 32.2. The summed E-state index contributed by atoms with van der Waals surface area (Å²) in [5.41, 5.74) is -1.23. The first-order valence-corrected chi connectivity index (χ1v) is 9.72. The number of fused-ring (bicyclic) bond motifs is 1. The van der Waals surface area contributed by atoms with E-state index in [9.17, 15) is 18.0 Å². The van der Waals surface area contributed by atoms with Crippen LogP contribution in [0.25, 0.3) is 0 Å². The van der Waals surface area contributed by atoms with Gasteiger partial charge in [-0.1, -0.05) is 0 Å². The predicted octanol–water partition coefficient (Wildman–Crippen LogP) is 1.29. The van der Waals surface area contributed by atoms with Crippen LogP contribution in [0.2, 0.25) is 0 Å². The molecule has 1 aliphatic heterocycles. The van der Waals surface area contributed by atoms with Crippen LogP contribution in [0.4, 0.5) is 4.79 Å². The van der Waals surface area contributed by atoms with Gasteiger partial charge in [0, 0.05) is 11.5 Å². The summed E-state index contributed by atoms with van der Waals surface area (Å²) in [6.07, 6.45) is 1.28. The van der Waals surface area contributed by atoms with E-state index in [1.165, 1.54) is 4.90 Å². The summed E-state index contributed by atoms with van der Waals surface area (Å²) in [5, 5.41) is 0. The number of carbonyl (C=O) groups excluding carboxylic acids is 2. The molecule has 0 N–H and O–H groups in total. The molecule has 1 aliphatic carbocycles. The molecule has 9 heteroatoms. The molecule has 0 radical (unpaired) electrons. The van der Waals surface area contributed by atoms with Crippen molar-refractivity contribution in [1.82, 2.24) is 4.90 Å². The Hall–Kier alpha value is -1.35. The van der Waals surface area contributed by atoms with E-state index >= 15 is 0 Å². The average molecular weight is 363 g/mol. The molecule has 2 aliphatic rings. The molecule has 2 rings (SSSR count). The summed E-state index contributed by atoms with van der Waals surface area (Å²) >= 11 is 0. The van der Waals surface area contributed by atoms with Gasteiger partial charge >= 0.3 is 12.1 Å². The van der Waals surface area contributed by atoms with Crippen LogP contribution in [0, 0.1) is 5.41 Å². The molecule has 1 amide bonds. The Balaban J connectivity index is 2.17. The van der Waals surface area contributed by atoms with E-state index in [1.807, 2.05) is 0 Å². The van der Waals surface area contributed by atoms with Gasteiger partial charge < -0.3 is 9.47 Å². The minimum Gasteiger partial charge on any atom is -0.464 e. The molecule has 8 nitrogen and oxygen atoms in total. The number of likely N-dealkylation sites (tertiary alicyclic amines) is 1. The fourth-order valence-electron chi connectivity index (χ4n) is 3.08. The molecule has 24 heavy (non-hydrogen) atoms. The van der Waals surface area contributed by atoms with Gasteiger partial charge in [-0.2, -0.15) is 8.42 Å². The second-order valence-corrected chi connectivity index (χ2v) is 9.05. The van der Waals surface area contributed by atoms with Crippen LogP contribution in [0.3, 0.4) is 0 Å². The molecule has 0 aromatic heterocycles. The van der Waals surface area contributed by atoms with Crippen LogP contribution in [0.15, 0.2) is 0 Å². The van der Waals surface area contributed by atoms with Gasteiger partial charge in [-0.3, -0.25) is 9.08 Å². The van der Waals surface area contributed by atoms with E-state index in [2.05, 4.69) is 0 Å². The van der Waals surface area contributed by atoms with Gasteiger partial charge in [0.2, 0.25) is 0 Å². The van der Waals surface area contributed by atoms with Crippen LogP contribution >= 0.6 is 0 Å². The summed E-state index contributed by atoms with van der Waals surface area (Å²) in [5.74, 6) is -0.505. The second kappa shape index (κ2) is 6.18. The van der Waals surface area contributed by atoms with Crippen molar-refractivity contribution in [2.24, 2.45) is 5.41 Å². The van der Waals surface area contributed by atoms with Crippen molar-refractivity contribution in [3.8, 4) is 0 Å². The summed E-state index contributed by atoms with van der Waals surface area (Å²) < 4.78 is 37.9. The molecule has 0 spiro atoms. The van der Waals surface area contributed by atoms with E-state index in [4.69, 9.17) is 13.7 Å². The Kier molecular flexibility index (Phi) is 4.89. The number of esters is 1. The third-order valence-electron chi connectivity index (χ3n) is 4.14. The molecule has 0 bridgehead atoms. The zero-order valence-electron chi connectivity index (χ0n) is 14.7. The lowest BCUT2D eigenvalue weighted by atomic mass is 10.0. The lowest BCUT2D eigenvalue weighted by Gasteiger charge is -2.29. The molecule has 138 valence electrons. The van der Waals surface area contributed by atoms with Crippen molar-refractivity contribution in [3.05, 3.63) is 0 Å². The standard InChI is InChI=1S/C15H25NO7S/c1-6-21-12(17)10-7-15(9-22-24(5,19)20)8-11(15)16(10)13(18)23-14(2,3)4/h10-11H,6-9H2,1-5H3/t10-,11?,15-/m0/s1. The largest absolute Gasteiger partial charge is 0.464 e. The number of ether oxygens (including phenoxy) is 2. The molecular weight excluding hydrogens is 338 g/mol. The predicted molar refractivity (Wildman–Crippen MR) is 84.7 cm³/mol. The maximum absolute atomic E-state index is 12.5. The molecule has 1 unspecified atom stereocenters. The summed E-state index contributed by atoms with van der Waals surface area (Å²) in [4.78, 5) is 26.1. The first-order valence-electron chi connectivity index (χ1n) is 7.91. The number of amides is 1. The molecule has 2 fully saturated rings. The number of piperidine rings is 1. The van der Waals surface area contributed by atoms with Gasteiger partial charge in [0.25, 0.3) is 10.1 Å². The summed E-state index contributed by atoms with van der Waals surface area (Å²) in [6.45, 7) is 7.07. The van der Waals surface area contributed by atoms with Crippen LogP contribution in [-0.4, -0.2) is 62.5 Å². The van der Waals surface area contributed by atoms with Gasteiger partial charge in [-0.15, -0.1) is 0 Å². The number of rotatable bonds is 5.